The summed E-state index contributed by atoms with van der Waals surface area (Å²) in [5.74, 6) is -0.107. The van der Waals surface area contributed by atoms with E-state index in [-0.39, 0.29) is 17.5 Å². The van der Waals surface area contributed by atoms with Crippen molar-refractivity contribution in [3.8, 4) is 0 Å². The van der Waals surface area contributed by atoms with Crippen molar-refractivity contribution < 1.29 is 12.8 Å². The van der Waals surface area contributed by atoms with Gasteiger partial charge < -0.3 is 10.2 Å². The van der Waals surface area contributed by atoms with E-state index in [0.29, 0.717) is 17.2 Å². The summed E-state index contributed by atoms with van der Waals surface area (Å²) < 4.78 is 36.3. The summed E-state index contributed by atoms with van der Waals surface area (Å²) in [5.41, 5.74) is 0.292. The summed E-state index contributed by atoms with van der Waals surface area (Å²) in [7, 11) is -1.23. The second kappa shape index (κ2) is 5.42. The van der Waals surface area contributed by atoms with Crippen LogP contribution in [0.2, 0.25) is 0 Å². The molecule has 0 radical (unpaired) electrons. The molecule has 19 heavy (non-hydrogen) atoms. The molecule has 0 aliphatic carbocycles. The Kier molecular flexibility index (Phi) is 4.05. The lowest BCUT2D eigenvalue weighted by Gasteiger charge is -2.26. The summed E-state index contributed by atoms with van der Waals surface area (Å²) in [5, 5.41) is 3.13. The standard InChI is InChI=1S/C12H15FN2O2S2/c1-15(9-6-7-19(16,17)8-9)12(18)14-11-5-3-2-4-10(11)13/h2-5,9H,6-8H2,1H3,(H,14,18)/t9-/m0/s1. The molecule has 0 bridgehead atoms. The van der Waals surface area contributed by atoms with E-state index >= 15 is 0 Å². The number of rotatable bonds is 2. The predicted molar refractivity (Wildman–Crippen MR) is 77.4 cm³/mol. The van der Waals surface area contributed by atoms with Crippen LogP contribution in [0.25, 0.3) is 0 Å². The van der Waals surface area contributed by atoms with Gasteiger partial charge in [0.25, 0.3) is 0 Å². The highest BCUT2D eigenvalue weighted by Gasteiger charge is 2.31. The zero-order valence-corrected chi connectivity index (χ0v) is 12.1. The predicted octanol–water partition coefficient (Wildman–Crippen LogP) is 1.64. The van der Waals surface area contributed by atoms with Crippen molar-refractivity contribution in [1.82, 2.24) is 4.90 Å². The molecule has 1 saturated heterocycles. The van der Waals surface area contributed by atoms with Crippen molar-refractivity contribution in [3.63, 3.8) is 0 Å². The highest BCUT2D eigenvalue weighted by Crippen LogP contribution is 2.18. The van der Waals surface area contributed by atoms with Crippen molar-refractivity contribution >= 4 is 32.9 Å². The minimum atomic E-state index is -2.96. The zero-order chi connectivity index (χ0) is 14.0. The Labute approximate surface area is 117 Å². The number of halogens is 1. The Balaban J connectivity index is 2.03. The molecule has 0 spiro atoms. The Hall–Kier alpha value is -1.21. The summed E-state index contributed by atoms with van der Waals surface area (Å²) in [6, 6.07) is 6.08. The largest absolute Gasteiger partial charge is 0.348 e. The lowest BCUT2D eigenvalue weighted by atomic mass is 10.2. The van der Waals surface area contributed by atoms with E-state index in [1.54, 1.807) is 30.1 Å². The average Bonchev–Trinajstić information content (AvgIpc) is 2.71. The van der Waals surface area contributed by atoms with Crippen molar-refractivity contribution in [2.45, 2.75) is 12.5 Å². The quantitative estimate of drug-likeness (QED) is 0.842. The molecule has 2 rings (SSSR count). The lowest BCUT2D eigenvalue weighted by molar-refractivity contribution is 0.402. The van der Waals surface area contributed by atoms with Crippen molar-refractivity contribution in [1.29, 1.82) is 0 Å². The van der Waals surface area contributed by atoms with Crippen LogP contribution in [0.15, 0.2) is 24.3 Å². The first-order chi connectivity index (χ1) is 8.89. The second-order valence-corrected chi connectivity index (χ2v) is 7.19. The molecule has 1 aromatic rings. The first-order valence-electron chi connectivity index (χ1n) is 5.88. The second-order valence-electron chi connectivity index (χ2n) is 4.58. The van der Waals surface area contributed by atoms with E-state index in [4.69, 9.17) is 12.2 Å². The zero-order valence-electron chi connectivity index (χ0n) is 10.5. The van der Waals surface area contributed by atoms with E-state index in [1.165, 1.54) is 6.07 Å². The van der Waals surface area contributed by atoms with Crippen molar-refractivity contribution in [3.05, 3.63) is 30.1 Å². The number of thiocarbonyl (C=S) groups is 1. The van der Waals surface area contributed by atoms with Crippen molar-refractivity contribution in [2.75, 3.05) is 23.9 Å². The highest BCUT2D eigenvalue weighted by molar-refractivity contribution is 7.91. The Morgan fingerprint density at radius 1 is 1.47 bits per heavy atom. The number of anilines is 1. The molecule has 1 atom stereocenters. The number of hydrogen-bond donors (Lipinski definition) is 1. The Morgan fingerprint density at radius 2 is 2.16 bits per heavy atom. The van der Waals surface area contributed by atoms with Crippen LogP contribution >= 0.6 is 12.2 Å². The van der Waals surface area contributed by atoms with Crippen LogP contribution in [-0.2, 0) is 9.84 Å². The molecule has 104 valence electrons. The first kappa shape index (κ1) is 14.2. The normalized spacial score (nSPS) is 21.1. The highest BCUT2D eigenvalue weighted by atomic mass is 32.2. The summed E-state index contributed by atoms with van der Waals surface area (Å²) >= 11 is 5.18. The SMILES string of the molecule is CN(C(=S)Nc1ccccc1F)[C@H]1CCS(=O)(=O)C1. The molecule has 4 nitrogen and oxygen atoms in total. The Bertz CT molecular complexity index is 589. The van der Waals surface area contributed by atoms with Crippen LogP contribution in [0.4, 0.5) is 10.1 Å². The maximum Gasteiger partial charge on any atom is 0.173 e. The number of para-hydroxylation sites is 1. The van der Waals surface area contributed by atoms with Gasteiger partial charge in [0, 0.05) is 13.1 Å². The number of nitrogens with one attached hydrogen (secondary N) is 1. The van der Waals surface area contributed by atoms with Gasteiger partial charge in [0.1, 0.15) is 5.82 Å². The van der Waals surface area contributed by atoms with Crippen LogP contribution in [0.3, 0.4) is 0 Å². The maximum absolute atomic E-state index is 13.5. The minimum absolute atomic E-state index is 0.0998. The topological polar surface area (TPSA) is 49.4 Å². The van der Waals surface area contributed by atoms with Crippen LogP contribution in [0.1, 0.15) is 6.42 Å². The van der Waals surface area contributed by atoms with Crippen LogP contribution < -0.4 is 5.32 Å². The number of sulfone groups is 1. The van der Waals surface area contributed by atoms with Gasteiger partial charge in [-0.15, -0.1) is 0 Å². The van der Waals surface area contributed by atoms with Gasteiger partial charge in [-0.3, -0.25) is 0 Å². The number of nitrogens with zero attached hydrogens (tertiary/aromatic N) is 1. The van der Waals surface area contributed by atoms with Gasteiger partial charge in [-0.1, -0.05) is 12.1 Å². The van der Waals surface area contributed by atoms with Gasteiger partial charge >= 0.3 is 0 Å². The molecule has 0 amide bonds. The van der Waals surface area contributed by atoms with E-state index in [0.717, 1.165) is 0 Å². The van der Waals surface area contributed by atoms with Gasteiger partial charge in [0.2, 0.25) is 0 Å². The van der Waals surface area contributed by atoms with Gasteiger partial charge in [-0.05, 0) is 30.8 Å². The van der Waals surface area contributed by atoms with Gasteiger partial charge in [-0.2, -0.15) is 0 Å². The van der Waals surface area contributed by atoms with Gasteiger partial charge in [0.05, 0.1) is 17.2 Å². The molecule has 1 fully saturated rings. The Morgan fingerprint density at radius 3 is 2.74 bits per heavy atom. The third-order valence-corrected chi connectivity index (χ3v) is 5.33. The van der Waals surface area contributed by atoms with Gasteiger partial charge in [-0.25, -0.2) is 12.8 Å². The lowest BCUT2D eigenvalue weighted by Crippen LogP contribution is -2.40. The van der Waals surface area contributed by atoms with Gasteiger partial charge in [0.15, 0.2) is 14.9 Å². The molecule has 7 heteroatoms. The molecule has 1 aliphatic rings. The van der Waals surface area contributed by atoms with E-state index < -0.39 is 15.7 Å². The summed E-state index contributed by atoms with van der Waals surface area (Å²) in [6.07, 6.45) is 0.553. The van der Waals surface area contributed by atoms with Crippen LogP contribution in [-0.4, -0.2) is 43.0 Å². The maximum atomic E-state index is 13.5. The monoisotopic (exact) mass is 302 g/mol. The van der Waals surface area contributed by atoms with E-state index in [9.17, 15) is 12.8 Å². The molecule has 1 N–H and O–H groups in total. The first-order valence-corrected chi connectivity index (χ1v) is 8.11. The summed E-state index contributed by atoms with van der Waals surface area (Å²) in [6.45, 7) is 0. The number of hydrogen-bond acceptors (Lipinski definition) is 3. The molecule has 0 unspecified atom stereocenters. The van der Waals surface area contributed by atoms with E-state index in [2.05, 4.69) is 5.32 Å². The average molecular weight is 302 g/mol. The number of benzene rings is 1. The fourth-order valence-electron chi connectivity index (χ4n) is 2.01. The molecule has 0 aromatic heterocycles. The molecular weight excluding hydrogens is 287 g/mol. The van der Waals surface area contributed by atoms with Crippen molar-refractivity contribution in [2.24, 2.45) is 0 Å². The third kappa shape index (κ3) is 3.42. The molecular formula is C12H15FN2O2S2. The fraction of sp³-hybridized carbons (Fsp3) is 0.417. The third-order valence-electron chi connectivity index (χ3n) is 3.19. The van der Waals surface area contributed by atoms with Crippen LogP contribution in [0.5, 0.6) is 0 Å². The van der Waals surface area contributed by atoms with Crippen LogP contribution in [0, 0.1) is 5.82 Å². The fourth-order valence-corrected chi connectivity index (χ4v) is 4.05. The molecule has 1 aromatic carbocycles. The molecule has 1 heterocycles. The molecule has 1 aliphatic heterocycles. The van der Waals surface area contributed by atoms with E-state index in [1.807, 2.05) is 0 Å². The molecule has 0 saturated carbocycles. The summed E-state index contributed by atoms with van der Waals surface area (Å²) in [4.78, 5) is 1.69. The smallest absolute Gasteiger partial charge is 0.173 e. The minimum Gasteiger partial charge on any atom is -0.348 e.